The van der Waals surface area contributed by atoms with Crippen LogP contribution in [0.15, 0.2) is 30.3 Å². The third-order valence-electron chi connectivity index (χ3n) is 7.04. The summed E-state index contributed by atoms with van der Waals surface area (Å²) in [6.45, 7) is 2.38. The third-order valence-corrected chi connectivity index (χ3v) is 8.79. The fourth-order valence-electron chi connectivity index (χ4n) is 5.45. The molecular formula is C23H34N2O3S. The molecule has 2 saturated heterocycles. The first kappa shape index (κ1) is 20.9. The van der Waals surface area contributed by atoms with Gasteiger partial charge in [-0.3, -0.25) is 9.69 Å². The molecule has 1 atom stereocenters. The Morgan fingerprint density at radius 2 is 1.66 bits per heavy atom. The number of benzene rings is 1. The fourth-order valence-corrected chi connectivity index (χ4v) is 7.16. The summed E-state index contributed by atoms with van der Waals surface area (Å²) in [5.74, 6) is 1.24. The summed E-state index contributed by atoms with van der Waals surface area (Å²) in [5.41, 5.74) is 1.40. The predicted molar refractivity (Wildman–Crippen MR) is 115 cm³/mol. The molecule has 1 aromatic carbocycles. The summed E-state index contributed by atoms with van der Waals surface area (Å²) >= 11 is 0. The van der Waals surface area contributed by atoms with E-state index in [4.69, 9.17) is 0 Å². The number of rotatable bonds is 6. The van der Waals surface area contributed by atoms with E-state index in [-0.39, 0.29) is 29.5 Å². The lowest BCUT2D eigenvalue weighted by atomic mass is 9.90. The first-order valence-electron chi connectivity index (χ1n) is 11.3. The van der Waals surface area contributed by atoms with E-state index in [1.807, 2.05) is 4.90 Å². The van der Waals surface area contributed by atoms with Crippen molar-refractivity contribution in [2.75, 3.05) is 31.1 Å². The SMILES string of the molecule is O=C(CN1CCC(Cc2ccccc2)CC1)N(C1CCCC1)C1CCS(=O)(=O)C1. The van der Waals surface area contributed by atoms with Crippen LogP contribution in [0.2, 0.25) is 0 Å². The lowest BCUT2D eigenvalue weighted by Gasteiger charge is -2.37. The first-order chi connectivity index (χ1) is 14.0. The molecule has 0 spiro atoms. The average Bonchev–Trinajstić information content (AvgIpc) is 3.34. The van der Waals surface area contributed by atoms with E-state index >= 15 is 0 Å². The molecule has 1 saturated carbocycles. The number of likely N-dealkylation sites (tertiary alicyclic amines) is 1. The van der Waals surface area contributed by atoms with Gasteiger partial charge < -0.3 is 4.90 Å². The molecule has 1 amide bonds. The Morgan fingerprint density at radius 1 is 0.966 bits per heavy atom. The normalized spacial score (nSPS) is 26.0. The van der Waals surface area contributed by atoms with Crippen molar-refractivity contribution in [2.45, 2.75) is 63.5 Å². The molecule has 6 heteroatoms. The number of piperidine rings is 1. The number of sulfone groups is 1. The summed E-state index contributed by atoms with van der Waals surface area (Å²) in [5, 5.41) is 0. The van der Waals surface area contributed by atoms with Crippen molar-refractivity contribution >= 4 is 15.7 Å². The van der Waals surface area contributed by atoms with E-state index in [9.17, 15) is 13.2 Å². The van der Waals surface area contributed by atoms with Crippen LogP contribution >= 0.6 is 0 Å². The second kappa shape index (κ2) is 9.17. The molecule has 29 heavy (non-hydrogen) atoms. The zero-order valence-corrected chi connectivity index (χ0v) is 18.2. The maximum atomic E-state index is 13.3. The van der Waals surface area contributed by atoms with Gasteiger partial charge in [0, 0.05) is 12.1 Å². The zero-order chi connectivity index (χ0) is 20.3. The Bertz CT molecular complexity index is 782. The Balaban J connectivity index is 1.32. The largest absolute Gasteiger partial charge is 0.335 e. The third kappa shape index (κ3) is 5.40. The van der Waals surface area contributed by atoms with Gasteiger partial charge in [0.1, 0.15) is 0 Å². The minimum absolute atomic E-state index is 0.105. The van der Waals surface area contributed by atoms with Crippen molar-refractivity contribution in [1.82, 2.24) is 9.80 Å². The number of hydrogen-bond donors (Lipinski definition) is 0. The Kier molecular flexibility index (Phi) is 6.60. The molecule has 3 aliphatic rings. The zero-order valence-electron chi connectivity index (χ0n) is 17.3. The van der Waals surface area contributed by atoms with E-state index in [1.54, 1.807) is 0 Å². The summed E-state index contributed by atoms with van der Waals surface area (Å²) in [4.78, 5) is 17.5. The van der Waals surface area contributed by atoms with Crippen molar-refractivity contribution in [1.29, 1.82) is 0 Å². The highest BCUT2D eigenvalue weighted by Gasteiger charge is 2.39. The van der Waals surface area contributed by atoms with Crippen LogP contribution in [0, 0.1) is 5.92 Å². The van der Waals surface area contributed by atoms with Crippen molar-refractivity contribution < 1.29 is 13.2 Å². The highest BCUT2D eigenvalue weighted by molar-refractivity contribution is 7.91. The maximum absolute atomic E-state index is 13.3. The number of carbonyl (C=O) groups is 1. The van der Waals surface area contributed by atoms with Crippen LogP contribution in [0.1, 0.15) is 50.5 Å². The molecular weight excluding hydrogens is 384 g/mol. The molecule has 5 nitrogen and oxygen atoms in total. The standard InChI is InChI=1S/C23H34N2O3S/c26-23(25(21-8-4-5-9-21)22-12-15-29(27,28)18-22)17-24-13-10-20(11-14-24)16-19-6-2-1-3-7-19/h1-3,6-7,20-22H,4-5,8-18H2. The topological polar surface area (TPSA) is 57.7 Å². The number of carbonyl (C=O) groups excluding carboxylic acids is 1. The fraction of sp³-hybridized carbons (Fsp3) is 0.696. The Hall–Kier alpha value is -1.40. The molecule has 0 bridgehead atoms. The van der Waals surface area contributed by atoms with Crippen LogP contribution in [0.3, 0.4) is 0 Å². The van der Waals surface area contributed by atoms with Gasteiger partial charge in [0.15, 0.2) is 9.84 Å². The highest BCUT2D eigenvalue weighted by atomic mass is 32.2. The monoisotopic (exact) mass is 418 g/mol. The molecule has 1 unspecified atom stereocenters. The van der Waals surface area contributed by atoms with Crippen molar-refractivity contribution in [2.24, 2.45) is 5.92 Å². The molecule has 0 N–H and O–H groups in total. The van der Waals surface area contributed by atoms with Gasteiger partial charge in [-0.15, -0.1) is 0 Å². The van der Waals surface area contributed by atoms with Crippen LogP contribution in [0.25, 0.3) is 0 Å². The minimum atomic E-state index is -2.98. The van der Waals surface area contributed by atoms with Gasteiger partial charge in [0.2, 0.25) is 5.91 Å². The van der Waals surface area contributed by atoms with Crippen LogP contribution in [0.4, 0.5) is 0 Å². The smallest absolute Gasteiger partial charge is 0.237 e. The summed E-state index contributed by atoms with van der Waals surface area (Å²) in [6, 6.07) is 10.8. The van der Waals surface area contributed by atoms with Crippen LogP contribution in [-0.2, 0) is 21.1 Å². The lowest BCUT2D eigenvalue weighted by Crippen LogP contribution is -2.51. The molecule has 1 aliphatic carbocycles. The van der Waals surface area contributed by atoms with Gasteiger partial charge in [0.05, 0.1) is 18.1 Å². The van der Waals surface area contributed by atoms with Gasteiger partial charge in [-0.05, 0) is 63.1 Å². The van der Waals surface area contributed by atoms with Gasteiger partial charge in [-0.1, -0.05) is 43.2 Å². The van der Waals surface area contributed by atoms with E-state index in [0.717, 1.165) is 58.0 Å². The summed E-state index contributed by atoms with van der Waals surface area (Å²) in [7, 11) is -2.98. The first-order valence-corrected chi connectivity index (χ1v) is 13.1. The number of nitrogens with zero attached hydrogens (tertiary/aromatic N) is 2. The lowest BCUT2D eigenvalue weighted by molar-refractivity contribution is -0.137. The molecule has 0 radical (unpaired) electrons. The summed E-state index contributed by atoms with van der Waals surface area (Å²) < 4.78 is 24.0. The van der Waals surface area contributed by atoms with Gasteiger partial charge in [0.25, 0.3) is 0 Å². The van der Waals surface area contributed by atoms with E-state index in [1.165, 1.54) is 5.56 Å². The maximum Gasteiger partial charge on any atom is 0.237 e. The van der Waals surface area contributed by atoms with E-state index in [0.29, 0.717) is 18.9 Å². The quantitative estimate of drug-likeness (QED) is 0.713. The molecule has 1 aromatic rings. The predicted octanol–water partition coefficient (Wildman–Crippen LogP) is 2.90. The van der Waals surface area contributed by atoms with Gasteiger partial charge >= 0.3 is 0 Å². The van der Waals surface area contributed by atoms with Crippen LogP contribution in [-0.4, -0.2) is 67.3 Å². The van der Waals surface area contributed by atoms with Gasteiger partial charge in [-0.25, -0.2) is 8.42 Å². The van der Waals surface area contributed by atoms with E-state index in [2.05, 4.69) is 35.2 Å². The molecule has 2 heterocycles. The van der Waals surface area contributed by atoms with Crippen molar-refractivity contribution in [3.63, 3.8) is 0 Å². The molecule has 2 aliphatic heterocycles. The molecule has 0 aromatic heterocycles. The summed E-state index contributed by atoms with van der Waals surface area (Å²) in [6.07, 6.45) is 8.35. The average molecular weight is 419 g/mol. The molecule has 4 rings (SSSR count). The Morgan fingerprint density at radius 3 is 2.28 bits per heavy atom. The highest BCUT2D eigenvalue weighted by Crippen LogP contribution is 2.30. The second-order valence-electron chi connectivity index (χ2n) is 9.21. The van der Waals surface area contributed by atoms with Gasteiger partial charge in [-0.2, -0.15) is 0 Å². The molecule has 160 valence electrons. The minimum Gasteiger partial charge on any atom is -0.335 e. The number of amides is 1. The van der Waals surface area contributed by atoms with Crippen molar-refractivity contribution in [3.8, 4) is 0 Å². The second-order valence-corrected chi connectivity index (χ2v) is 11.4. The molecule has 3 fully saturated rings. The van der Waals surface area contributed by atoms with Crippen LogP contribution in [0.5, 0.6) is 0 Å². The van der Waals surface area contributed by atoms with E-state index < -0.39 is 9.84 Å². The van der Waals surface area contributed by atoms with Crippen LogP contribution < -0.4 is 0 Å². The number of hydrogen-bond acceptors (Lipinski definition) is 4. The van der Waals surface area contributed by atoms with Crippen molar-refractivity contribution in [3.05, 3.63) is 35.9 Å². The Labute approximate surface area is 175 Å².